The van der Waals surface area contributed by atoms with Crippen molar-refractivity contribution in [3.8, 4) is 5.75 Å². The standard InChI is InChI=1S/C13H19F2N3O/c1-4-17-13(16-2)18(3)9-10-5-7-11(8-6-10)19-12(14)15/h5-8,12H,4,9H2,1-3H3,(H,16,17). The molecule has 0 aromatic heterocycles. The molecule has 0 aliphatic carbocycles. The third-order valence-corrected chi connectivity index (χ3v) is 2.48. The van der Waals surface area contributed by atoms with E-state index in [1.165, 1.54) is 12.1 Å². The van der Waals surface area contributed by atoms with E-state index >= 15 is 0 Å². The Bertz CT molecular complexity index is 407. The zero-order valence-electron chi connectivity index (χ0n) is 11.4. The summed E-state index contributed by atoms with van der Waals surface area (Å²) in [5.74, 6) is 0.952. The lowest BCUT2D eigenvalue weighted by atomic mass is 10.2. The van der Waals surface area contributed by atoms with Gasteiger partial charge < -0.3 is 15.0 Å². The average Bonchev–Trinajstić information content (AvgIpc) is 2.37. The number of halogens is 2. The minimum atomic E-state index is -2.79. The van der Waals surface area contributed by atoms with Crippen LogP contribution >= 0.6 is 0 Å². The van der Waals surface area contributed by atoms with Crippen molar-refractivity contribution in [1.82, 2.24) is 10.2 Å². The Morgan fingerprint density at radius 3 is 2.47 bits per heavy atom. The Kier molecular flexibility index (Phi) is 6.05. The molecule has 1 aromatic rings. The first-order valence-corrected chi connectivity index (χ1v) is 6.02. The lowest BCUT2D eigenvalue weighted by Gasteiger charge is -2.21. The molecule has 0 heterocycles. The molecule has 0 aliphatic heterocycles. The van der Waals surface area contributed by atoms with Gasteiger partial charge >= 0.3 is 6.61 Å². The van der Waals surface area contributed by atoms with Gasteiger partial charge in [0, 0.05) is 27.2 Å². The predicted octanol–water partition coefficient (Wildman–Crippen LogP) is 2.32. The fourth-order valence-corrected chi connectivity index (χ4v) is 1.67. The number of ether oxygens (including phenoxy) is 1. The van der Waals surface area contributed by atoms with E-state index < -0.39 is 6.61 Å². The molecule has 1 aromatic carbocycles. The highest BCUT2D eigenvalue weighted by atomic mass is 19.3. The molecule has 0 radical (unpaired) electrons. The molecular weight excluding hydrogens is 252 g/mol. The van der Waals surface area contributed by atoms with Crippen LogP contribution in [-0.2, 0) is 6.54 Å². The summed E-state index contributed by atoms with van der Waals surface area (Å²) >= 11 is 0. The molecule has 1 rings (SSSR count). The molecule has 0 fully saturated rings. The number of guanidine groups is 1. The van der Waals surface area contributed by atoms with Crippen molar-refractivity contribution in [2.75, 3.05) is 20.6 Å². The molecule has 0 saturated carbocycles. The summed E-state index contributed by atoms with van der Waals surface area (Å²) in [6.07, 6.45) is 0. The number of benzene rings is 1. The normalized spacial score (nSPS) is 11.6. The molecule has 0 amide bonds. The second-order valence-corrected chi connectivity index (χ2v) is 3.96. The molecule has 0 unspecified atom stereocenters. The van der Waals surface area contributed by atoms with Crippen LogP contribution in [0.1, 0.15) is 12.5 Å². The fraction of sp³-hybridized carbons (Fsp3) is 0.462. The van der Waals surface area contributed by atoms with Gasteiger partial charge in [-0.3, -0.25) is 4.99 Å². The van der Waals surface area contributed by atoms with Crippen LogP contribution in [0.3, 0.4) is 0 Å². The molecule has 19 heavy (non-hydrogen) atoms. The third-order valence-electron chi connectivity index (χ3n) is 2.48. The van der Waals surface area contributed by atoms with Gasteiger partial charge in [0.25, 0.3) is 0 Å². The van der Waals surface area contributed by atoms with Crippen LogP contribution in [0, 0.1) is 0 Å². The van der Waals surface area contributed by atoms with Gasteiger partial charge in [0.15, 0.2) is 5.96 Å². The van der Waals surface area contributed by atoms with Crippen LogP contribution in [0.4, 0.5) is 8.78 Å². The van der Waals surface area contributed by atoms with Gasteiger partial charge in [-0.25, -0.2) is 0 Å². The zero-order chi connectivity index (χ0) is 14.3. The van der Waals surface area contributed by atoms with Gasteiger partial charge in [-0.1, -0.05) is 12.1 Å². The molecule has 0 atom stereocenters. The Hall–Kier alpha value is -1.85. The molecule has 4 nitrogen and oxygen atoms in total. The topological polar surface area (TPSA) is 36.9 Å². The highest BCUT2D eigenvalue weighted by molar-refractivity contribution is 5.79. The summed E-state index contributed by atoms with van der Waals surface area (Å²) in [5.41, 5.74) is 0.989. The Balaban J connectivity index is 2.62. The van der Waals surface area contributed by atoms with Gasteiger partial charge in [-0.15, -0.1) is 0 Å². The number of nitrogens with zero attached hydrogens (tertiary/aromatic N) is 2. The Morgan fingerprint density at radius 2 is 2.00 bits per heavy atom. The average molecular weight is 271 g/mol. The maximum Gasteiger partial charge on any atom is 0.387 e. The largest absolute Gasteiger partial charge is 0.435 e. The smallest absolute Gasteiger partial charge is 0.387 e. The Morgan fingerprint density at radius 1 is 1.37 bits per heavy atom. The summed E-state index contributed by atoms with van der Waals surface area (Å²) in [7, 11) is 3.63. The van der Waals surface area contributed by atoms with E-state index in [1.807, 2.05) is 18.9 Å². The number of rotatable bonds is 5. The Labute approximate surface area is 112 Å². The van der Waals surface area contributed by atoms with E-state index in [0.29, 0.717) is 6.54 Å². The van der Waals surface area contributed by atoms with Gasteiger partial charge in [-0.05, 0) is 24.6 Å². The first kappa shape index (κ1) is 15.2. The fourth-order valence-electron chi connectivity index (χ4n) is 1.67. The lowest BCUT2D eigenvalue weighted by Crippen LogP contribution is -2.38. The highest BCUT2D eigenvalue weighted by Gasteiger charge is 2.07. The lowest BCUT2D eigenvalue weighted by molar-refractivity contribution is -0.0498. The van der Waals surface area contributed by atoms with Crippen molar-refractivity contribution in [2.45, 2.75) is 20.1 Å². The van der Waals surface area contributed by atoms with Gasteiger partial charge in [0.2, 0.25) is 0 Å². The van der Waals surface area contributed by atoms with E-state index in [0.717, 1.165) is 18.1 Å². The maximum atomic E-state index is 12.0. The van der Waals surface area contributed by atoms with Crippen molar-refractivity contribution < 1.29 is 13.5 Å². The summed E-state index contributed by atoms with van der Waals surface area (Å²) in [6.45, 7) is 0.628. The van der Waals surface area contributed by atoms with Crippen molar-refractivity contribution in [2.24, 2.45) is 4.99 Å². The van der Waals surface area contributed by atoms with Gasteiger partial charge in [0.1, 0.15) is 5.75 Å². The van der Waals surface area contributed by atoms with E-state index in [9.17, 15) is 8.78 Å². The molecular formula is C13H19F2N3O. The summed E-state index contributed by atoms with van der Waals surface area (Å²) < 4.78 is 28.3. The van der Waals surface area contributed by atoms with Gasteiger partial charge in [-0.2, -0.15) is 8.78 Å². The zero-order valence-corrected chi connectivity index (χ0v) is 11.4. The number of nitrogens with one attached hydrogen (secondary N) is 1. The van der Waals surface area contributed by atoms with Crippen molar-refractivity contribution in [3.63, 3.8) is 0 Å². The van der Waals surface area contributed by atoms with Crippen molar-refractivity contribution in [1.29, 1.82) is 0 Å². The summed E-state index contributed by atoms with van der Waals surface area (Å²) in [5, 5.41) is 3.14. The molecule has 0 bridgehead atoms. The second-order valence-electron chi connectivity index (χ2n) is 3.96. The second kappa shape index (κ2) is 7.56. The van der Waals surface area contributed by atoms with Crippen LogP contribution in [0.15, 0.2) is 29.3 Å². The van der Waals surface area contributed by atoms with Crippen LogP contribution < -0.4 is 10.1 Å². The number of hydrogen-bond donors (Lipinski definition) is 1. The summed E-state index contributed by atoms with van der Waals surface area (Å²) in [4.78, 5) is 6.09. The predicted molar refractivity (Wildman–Crippen MR) is 71.6 cm³/mol. The van der Waals surface area contributed by atoms with Crippen LogP contribution in [0.5, 0.6) is 5.75 Å². The number of alkyl halides is 2. The minimum absolute atomic E-state index is 0.164. The molecule has 0 saturated heterocycles. The molecule has 106 valence electrons. The van der Waals surface area contributed by atoms with Crippen molar-refractivity contribution >= 4 is 5.96 Å². The summed E-state index contributed by atoms with van der Waals surface area (Å²) in [6, 6.07) is 6.58. The van der Waals surface area contributed by atoms with E-state index in [-0.39, 0.29) is 5.75 Å². The quantitative estimate of drug-likeness (QED) is 0.659. The first-order valence-electron chi connectivity index (χ1n) is 6.02. The molecule has 0 aliphatic rings. The SMILES string of the molecule is CCNC(=NC)N(C)Cc1ccc(OC(F)F)cc1. The van der Waals surface area contributed by atoms with E-state index in [2.05, 4.69) is 15.0 Å². The third kappa shape index (κ3) is 5.11. The maximum absolute atomic E-state index is 12.0. The van der Waals surface area contributed by atoms with Crippen molar-refractivity contribution in [3.05, 3.63) is 29.8 Å². The van der Waals surface area contributed by atoms with Crippen LogP contribution in [0.25, 0.3) is 0 Å². The van der Waals surface area contributed by atoms with E-state index in [4.69, 9.17) is 0 Å². The minimum Gasteiger partial charge on any atom is -0.435 e. The monoisotopic (exact) mass is 271 g/mol. The number of aliphatic imine (C=N–C) groups is 1. The van der Waals surface area contributed by atoms with Crippen LogP contribution in [-0.4, -0.2) is 38.1 Å². The van der Waals surface area contributed by atoms with E-state index in [1.54, 1.807) is 19.2 Å². The van der Waals surface area contributed by atoms with Crippen LogP contribution in [0.2, 0.25) is 0 Å². The first-order chi connectivity index (χ1) is 9.06. The number of hydrogen-bond acceptors (Lipinski definition) is 2. The molecule has 1 N–H and O–H groups in total. The van der Waals surface area contributed by atoms with Gasteiger partial charge in [0.05, 0.1) is 0 Å². The molecule has 0 spiro atoms. The highest BCUT2D eigenvalue weighted by Crippen LogP contribution is 2.15. The molecule has 6 heteroatoms.